The standard InChI is InChI=1S/C19H26ClN3O4/c1-4-26-15(27-5-2)10-9-14-13-21-18(20)22-16(14)23-19(17(24)25-3)11-7-6-8-12-19/h13,15H,4-8,11-12H2,1-3H3,(H,21,22,23). The number of methoxy groups -OCH3 is 1. The largest absolute Gasteiger partial charge is 0.467 e. The van der Waals surface area contributed by atoms with Gasteiger partial charge >= 0.3 is 5.97 Å². The van der Waals surface area contributed by atoms with Crippen LogP contribution in [0.25, 0.3) is 0 Å². The average molecular weight is 396 g/mol. The predicted molar refractivity (Wildman–Crippen MR) is 102 cm³/mol. The summed E-state index contributed by atoms with van der Waals surface area (Å²) in [6, 6.07) is 0. The summed E-state index contributed by atoms with van der Waals surface area (Å²) >= 11 is 5.98. The molecule has 2 rings (SSSR count). The maximum atomic E-state index is 12.5. The molecule has 1 fully saturated rings. The summed E-state index contributed by atoms with van der Waals surface area (Å²) in [6.45, 7) is 4.70. The number of rotatable bonds is 7. The van der Waals surface area contributed by atoms with Crippen molar-refractivity contribution < 1.29 is 19.0 Å². The van der Waals surface area contributed by atoms with Crippen LogP contribution in [0.1, 0.15) is 51.5 Å². The molecule has 0 spiro atoms. The molecule has 0 atom stereocenters. The lowest BCUT2D eigenvalue weighted by atomic mass is 9.81. The second kappa shape index (κ2) is 10.5. The lowest BCUT2D eigenvalue weighted by Gasteiger charge is -2.35. The molecule has 1 aromatic rings. The Bertz CT molecular complexity index is 690. The van der Waals surface area contributed by atoms with Gasteiger partial charge in [-0.2, -0.15) is 4.98 Å². The number of anilines is 1. The second-order valence-electron chi connectivity index (χ2n) is 6.17. The van der Waals surface area contributed by atoms with Crippen molar-refractivity contribution in [2.24, 2.45) is 0 Å². The third-order valence-corrected chi connectivity index (χ3v) is 4.54. The summed E-state index contributed by atoms with van der Waals surface area (Å²) in [7, 11) is 1.39. The summed E-state index contributed by atoms with van der Waals surface area (Å²) in [5, 5.41) is 3.32. The number of aromatic nitrogens is 2. The molecule has 0 aliphatic heterocycles. The zero-order valence-electron chi connectivity index (χ0n) is 16.0. The fraction of sp³-hybridized carbons (Fsp3) is 0.632. The minimum Gasteiger partial charge on any atom is -0.467 e. The van der Waals surface area contributed by atoms with Crippen molar-refractivity contribution in [3.8, 4) is 11.8 Å². The van der Waals surface area contributed by atoms with E-state index in [-0.39, 0.29) is 11.3 Å². The maximum absolute atomic E-state index is 12.5. The molecular weight excluding hydrogens is 370 g/mol. The number of halogens is 1. The highest BCUT2D eigenvalue weighted by Crippen LogP contribution is 2.33. The van der Waals surface area contributed by atoms with Crippen molar-refractivity contribution >= 4 is 23.4 Å². The molecule has 1 saturated carbocycles. The van der Waals surface area contributed by atoms with Crippen LogP contribution in [-0.4, -0.2) is 48.1 Å². The lowest BCUT2D eigenvalue weighted by molar-refractivity contribution is -0.147. The molecule has 0 radical (unpaired) electrons. The highest BCUT2D eigenvalue weighted by Gasteiger charge is 2.41. The molecule has 0 aromatic carbocycles. The van der Waals surface area contributed by atoms with Gasteiger partial charge in [0.2, 0.25) is 11.6 Å². The third-order valence-electron chi connectivity index (χ3n) is 4.36. The van der Waals surface area contributed by atoms with Crippen LogP contribution >= 0.6 is 11.6 Å². The fourth-order valence-electron chi connectivity index (χ4n) is 3.08. The quantitative estimate of drug-likeness (QED) is 0.328. The van der Waals surface area contributed by atoms with Crippen molar-refractivity contribution in [2.75, 3.05) is 25.6 Å². The van der Waals surface area contributed by atoms with Crippen LogP contribution in [0.4, 0.5) is 5.82 Å². The van der Waals surface area contributed by atoms with Crippen molar-refractivity contribution in [2.45, 2.75) is 57.8 Å². The minimum absolute atomic E-state index is 0.0741. The van der Waals surface area contributed by atoms with Gasteiger partial charge in [-0.15, -0.1) is 0 Å². The molecule has 1 aliphatic rings. The highest BCUT2D eigenvalue weighted by molar-refractivity contribution is 6.28. The first-order chi connectivity index (χ1) is 13.0. The van der Waals surface area contributed by atoms with Gasteiger partial charge in [-0.1, -0.05) is 25.2 Å². The van der Waals surface area contributed by atoms with Gasteiger partial charge in [-0.05, 0) is 44.2 Å². The molecule has 1 N–H and O–H groups in total. The predicted octanol–water partition coefficient (Wildman–Crippen LogP) is 3.17. The molecule has 0 amide bonds. The van der Waals surface area contributed by atoms with E-state index in [1.165, 1.54) is 13.3 Å². The summed E-state index contributed by atoms with van der Waals surface area (Å²) < 4.78 is 15.9. The molecule has 1 aliphatic carbocycles. The van der Waals surface area contributed by atoms with Crippen molar-refractivity contribution in [3.05, 3.63) is 17.0 Å². The first-order valence-electron chi connectivity index (χ1n) is 9.18. The zero-order valence-corrected chi connectivity index (χ0v) is 16.8. The van der Waals surface area contributed by atoms with Crippen LogP contribution in [0.5, 0.6) is 0 Å². The summed E-state index contributed by atoms with van der Waals surface area (Å²) in [5.41, 5.74) is -0.321. The van der Waals surface area contributed by atoms with E-state index in [1.54, 1.807) is 0 Å². The number of nitrogens with zero attached hydrogens (tertiary/aromatic N) is 2. The number of hydrogen-bond acceptors (Lipinski definition) is 7. The van der Waals surface area contributed by atoms with E-state index in [0.717, 1.165) is 19.3 Å². The van der Waals surface area contributed by atoms with E-state index in [2.05, 4.69) is 27.1 Å². The van der Waals surface area contributed by atoms with Crippen molar-refractivity contribution in [1.82, 2.24) is 9.97 Å². The van der Waals surface area contributed by atoms with Gasteiger partial charge in [-0.3, -0.25) is 0 Å². The fourth-order valence-corrected chi connectivity index (χ4v) is 3.21. The monoisotopic (exact) mass is 395 g/mol. The van der Waals surface area contributed by atoms with Crippen LogP contribution in [0, 0.1) is 11.8 Å². The molecular formula is C19H26ClN3O4. The first-order valence-corrected chi connectivity index (χ1v) is 9.56. The number of nitrogens with one attached hydrogen (secondary N) is 1. The highest BCUT2D eigenvalue weighted by atomic mass is 35.5. The van der Waals surface area contributed by atoms with Crippen molar-refractivity contribution in [3.63, 3.8) is 0 Å². The van der Waals surface area contributed by atoms with E-state index in [0.29, 0.717) is 37.4 Å². The number of carbonyl (C=O) groups excluding carboxylic acids is 1. The van der Waals surface area contributed by atoms with Gasteiger partial charge in [0, 0.05) is 19.4 Å². The van der Waals surface area contributed by atoms with E-state index in [4.69, 9.17) is 25.8 Å². The molecule has 8 heteroatoms. The van der Waals surface area contributed by atoms with E-state index in [1.807, 2.05) is 13.8 Å². The van der Waals surface area contributed by atoms with Crippen LogP contribution in [0.3, 0.4) is 0 Å². The number of carbonyl (C=O) groups is 1. The molecule has 0 saturated heterocycles. The van der Waals surface area contributed by atoms with E-state index >= 15 is 0 Å². The normalized spacial score (nSPS) is 15.7. The van der Waals surface area contributed by atoms with Gasteiger partial charge in [0.1, 0.15) is 11.4 Å². The van der Waals surface area contributed by atoms with Gasteiger partial charge in [-0.25, -0.2) is 9.78 Å². The second-order valence-corrected chi connectivity index (χ2v) is 6.51. The lowest BCUT2D eigenvalue weighted by Crippen LogP contribution is -2.49. The van der Waals surface area contributed by atoms with Crippen LogP contribution < -0.4 is 5.32 Å². The Balaban J connectivity index is 2.33. The van der Waals surface area contributed by atoms with Crippen LogP contribution in [0.15, 0.2) is 6.20 Å². The molecule has 27 heavy (non-hydrogen) atoms. The van der Waals surface area contributed by atoms with E-state index in [9.17, 15) is 4.79 Å². The smallest absolute Gasteiger partial charge is 0.331 e. The third kappa shape index (κ3) is 5.80. The summed E-state index contributed by atoms with van der Waals surface area (Å²) in [4.78, 5) is 20.7. The molecule has 1 aromatic heterocycles. The zero-order chi connectivity index (χ0) is 19.7. The summed E-state index contributed by atoms with van der Waals surface area (Å²) in [5.74, 6) is 5.99. The molecule has 148 valence electrons. The van der Waals surface area contributed by atoms with Crippen molar-refractivity contribution in [1.29, 1.82) is 0 Å². The Kier molecular flexibility index (Phi) is 8.29. The Hall–Kier alpha value is -1.88. The molecule has 1 heterocycles. The number of esters is 1. The Morgan fingerprint density at radius 3 is 2.56 bits per heavy atom. The number of ether oxygens (including phenoxy) is 3. The maximum Gasteiger partial charge on any atom is 0.331 e. The van der Waals surface area contributed by atoms with Gasteiger partial charge in [0.05, 0.1) is 12.7 Å². The van der Waals surface area contributed by atoms with Crippen LogP contribution in [0.2, 0.25) is 5.28 Å². The van der Waals surface area contributed by atoms with Gasteiger partial charge < -0.3 is 19.5 Å². The minimum atomic E-state index is -0.833. The van der Waals surface area contributed by atoms with E-state index < -0.39 is 11.8 Å². The molecule has 7 nitrogen and oxygen atoms in total. The molecule has 0 bridgehead atoms. The van der Waals surface area contributed by atoms with Crippen LogP contribution in [-0.2, 0) is 19.0 Å². The van der Waals surface area contributed by atoms with Gasteiger partial charge in [0.15, 0.2) is 0 Å². The Morgan fingerprint density at radius 2 is 1.96 bits per heavy atom. The Labute approximate surface area is 165 Å². The Morgan fingerprint density at radius 1 is 1.30 bits per heavy atom. The molecule has 0 unspecified atom stereocenters. The number of hydrogen-bond donors (Lipinski definition) is 1. The average Bonchev–Trinajstić information content (AvgIpc) is 2.67. The summed E-state index contributed by atoms with van der Waals surface area (Å²) in [6.07, 6.45) is 5.14. The van der Waals surface area contributed by atoms with Gasteiger partial charge in [0.25, 0.3) is 0 Å². The first kappa shape index (κ1) is 21.4. The SMILES string of the molecule is CCOC(C#Cc1cnc(Cl)nc1NC1(C(=O)OC)CCCCC1)OCC. The topological polar surface area (TPSA) is 82.6 Å².